The topological polar surface area (TPSA) is 101 Å². The fraction of sp³-hybridized carbons (Fsp3) is 0.318. The normalized spacial score (nSPS) is 14.8. The van der Waals surface area contributed by atoms with E-state index in [0.29, 0.717) is 60.5 Å². The Hall–Kier alpha value is -2.76. The third-order valence-corrected chi connectivity index (χ3v) is 7.59. The number of anilines is 3. The van der Waals surface area contributed by atoms with Crippen LogP contribution in [0.25, 0.3) is 0 Å². The molecular weight excluding hydrogens is 508 g/mol. The van der Waals surface area contributed by atoms with E-state index in [0.717, 1.165) is 5.69 Å². The van der Waals surface area contributed by atoms with Crippen molar-refractivity contribution >= 4 is 43.4 Å². The minimum Gasteiger partial charge on any atom is -0.492 e. The van der Waals surface area contributed by atoms with Crippen molar-refractivity contribution in [1.29, 1.82) is 0 Å². The molecule has 1 N–H and O–H groups in total. The zero-order valence-corrected chi connectivity index (χ0v) is 20.8. The number of aryl methyl sites for hydroxylation is 1. The van der Waals surface area contributed by atoms with Gasteiger partial charge in [-0.25, -0.2) is 13.4 Å². The summed E-state index contributed by atoms with van der Waals surface area (Å²) in [5.41, 5.74) is 0.911. The third-order valence-electron chi connectivity index (χ3n) is 5.18. The number of piperazine rings is 1. The number of pyridine rings is 1. The Morgan fingerprint density at radius 3 is 2.48 bits per heavy atom. The van der Waals surface area contributed by atoms with Crippen molar-refractivity contribution in [1.82, 2.24) is 19.5 Å². The summed E-state index contributed by atoms with van der Waals surface area (Å²) in [5, 5.41) is 11.7. The number of halogens is 1. The van der Waals surface area contributed by atoms with Gasteiger partial charge in [0.1, 0.15) is 16.5 Å². The van der Waals surface area contributed by atoms with Crippen molar-refractivity contribution in [3.8, 4) is 5.75 Å². The molecule has 0 aliphatic carbocycles. The average Bonchev–Trinajstić information content (AvgIpc) is 2.81. The predicted molar refractivity (Wildman–Crippen MR) is 131 cm³/mol. The molecule has 0 bridgehead atoms. The Labute approximate surface area is 202 Å². The van der Waals surface area contributed by atoms with Crippen LogP contribution in [0.2, 0.25) is 0 Å². The Morgan fingerprint density at radius 1 is 1.03 bits per heavy atom. The van der Waals surface area contributed by atoms with Gasteiger partial charge < -0.3 is 15.0 Å². The van der Waals surface area contributed by atoms with E-state index in [2.05, 4.69) is 36.4 Å². The van der Waals surface area contributed by atoms with Crippen LogP contribution in [-0.4, -0.2) is 60.7 Å². The van der Waals surface area contributed by atoms with Crippen molar-refractivity contribution in [3.05, 3.63) is 58.7 Å². The Bertz CT molecular complexity index is 1220. The van der Waals surface area contributed by atoms with Crippen LogP contribution >= 0.6 is 15.9 Å². The molecule has 4 rings (SSSR count). The molecule has 1 aliphatic heterocycles. The molecule has 0 radical (unpaired) electrons. The van der Waals surface area contributed by atoms with E-state index in [1.807, 2.05) is 49.1 Å². The number of hydrogen-bond donors (Lipinski definition) is 1. The first-order valence-corrected chi connectivity index (χ1v) is 12.8. The lowest BCUT2D eigenvalue weighted by Crippen LogP contribution is -2.49. The van der Waals surface area contributed by atoms with E-state index in [9.17, 15) is 8.42 Å². The lowest BCUT2D eigenvalue weighted by Gasteiger charge is -2.34. The molecule has 1 fully saturated rings. The summed E-state index contributed by atoms with van der Waals surface area (Å²) in [6, 6.07) is 14.5. The zero-order chi connectivity index (χ0) is 23.4. The number of aromatic nitrogens is 3. The largest absolute Gasteiger partial charge is 0.492 e. The van der Waals surface area contributed by atoms with E-state index in [1.165, 1.54) is 4.31 Å². The van der Waals surface area contributed by atoms with E-state index in [1.54, 1.807) is 18.2 Å². The van der Waals surface area contributed by atoms with Gasteiger partial charge in [0.25, 0.3) is 0 Å². The molecule has 0 atom stereocenters. The number of hydrogen-bond acceptors (Lipinski definition) is 8. The van der Waals surface area contributed by atoms with E-state index >= 15 is 0 Å². The van der Waals surface area contributed by atoms with E-state index < -0.39 is 10.0 Å². The summed E-state index contributed by atoms with van der Waals surface area (Å²) in [7, 11) is -3.69. The molecular formula is C22H25BrN6O3S. The number of benzene rings is 1. The SMILES string of the molecule is CCOc1ccc(Br)cc1S(=O)(=O)N1CCN(c2ccc(Nc3cccc(C)n3)nn2)CC1. The van der Waals surface area contributed by atoms with Gasteiger partial charge in [0.05, 0.1) is 6.61 Å². The van der Waals surface area contributed by atoms with E-state index in [4.69, 9.17) is 4.74 Å². The monoisotopic (exact) mass is 532 g/mol. The van der Waals surface area contributed by atoms with Gasteiger partial charge in [-0.1, -0.05) is 22.0 Å². The fourth-order valence-corrected chi connectivity index (χ4v) is 5.65. The summed E-state index contributed by atoms with van der Waals surface area (Å²) >= 11 is 3.36. The summed E-state index contributed by atoms with van der Waals surface area (Å²) < 4.78 is 34.3. The molecule has 11 heteroatoms. The molecule has 0 unspecified atom stereocenters. The maximum absolute atomic E-state index is 13.3. The molecule has 9 nitrogen and oxygen atoms in total. The molecule has 3 heterocycles. The first kappa shape index (κ1) is 23.4. The second-order valence-corrected chi connectivity index (χ2v) is 10.3. The molecule has 0 amide bonds. The van der Waals surface area contributed by atoms with Gasteiger partial charge in [0.2, 0.25) is 10.0 Å². The first-order chi connectivity index (χ1) is 15.9. The van der Waals surface area contributed by atoms with Crippen LogP contribution in [-0.2, 0) is 10.0 Å². The van der Waals surface area contributed by atoms with Crippen LogP contribution in [0.1, 0.15) is 12.6 Å². The highest BCUT2D eigenvalue weighted by molar-refractivity contribution is 9.10. The van der Waals surface area contributed by atoms with Crippen LogP contribution in [0.5, 0.6) is 5.75 Å². The minimum absolute atomic E-state index is 0.173. The van der Waals surface area contributed by atoms with Gasteiger partial charge in [-0.15, -0.1) is 10.2 Å². The zero-order valence-electron chi connectivity index (χ0n) is 18.4. The van der Waals surface area contributed by atoms with Crippen LogP contribution in [0.4, 0.5) is 17.5 Å². The standard InChI is InChI=1S/C22H25BrN6O3S/c1-3-32-18-8-7-17(23)15-19(18)33(30,31)29-13-11-28(12-14-29)22-10-9-21(26-27-22)25-20-6-4-5-16(2)24-20/h4-10,15H,3,11-14H2,1-2H3,(H,24,25,26). The Balaban J connectivity index is 1.42. The van der Waals surface area contributed by atoms with Gasteiger partial charge in [-0.05, 0) is 56.3 Å². The minimum atomic E-state index is -3.69. The molecule has 0 spiro atoms. The van der Waals surface area contributed by atoms with Crippen LogP contribution in [0, 0.1) is 6.92 Å². The first-order valence-electron chi connectivity index (χ1n) is 10.6. The lowest BCUT2D eigenvalue weighted by molar-refractivity contribution is 0.327. The maximum atomic E-state index is 13.3. The molecule has 2 aromatic heterocycles. The molecule has 3 aromatic rings. The Kier molecular flexibility index (Phi) is 7.11. The smallest absolute Gasteiger partial charge is 0.246 e. The molecule has 0 saturated carbocycles. The van der Waals surface area contributed by atoms with Gasteiger partial charge >= 0.3 is 0 Å². The lowest BCUT2D eigenvalue weighted by atomic mass is 10.3. The number of rotatable bonds is 7. The quantitative estimate of drug-likeness (QED) is 0.492. The van der Waals surface area contributed by atoms with Crippen LogP contribution in [0.15, 0.2) is 57.9 Å². The third kappa shape index (κ3) is 5.43. The van der Waals surface area contributed by atoms with Gasteiger partial charge in [0, 0.05) is 36.3 Å². The molecule has 1 aromatic carbocycles. The van der Waals surface area contributed by atoms with Crippen molar-refractivity contribution in [2.45, 2.75) is 18.7 Å². The predicted octanol–water partition coefficient (Wildman–Crippen LogP) is 3.60. The summed E-state index contributed by atoms with van der Waals surface area (Å²) in [5.74, 6) is 2.36. The highest BCUT2D eigenvalue weighted by Crippen LogP contribution is 2.31. The molecule has 174 valence electrons. The van der Waals surface area contributed by atoms with Gasteiger partial charge in [0.15, 0.2) is 11.6 Å². The van der Waals surface area contributed by atoms with Gasteiger partial charge in [-0.3, -0.25) is 0 Å². The Morgan fingerprint density at radius 2 is 1.82 bits per heavy atom. The summed E-state index contributed by atoms with van der Waals surface area (Å²) in [4.78, 5) is 6.60. The van der Waals surface area contributed by atoms with Crippen molar-refractivity contribution in [2.24, 2.45) is 0 Å². The average molecular weight is 533 g/mol. The van der Waals surface area contributed by atoms with Crippen LogP contribution in [0.3, 0.4) is 0 Å². The molecule has 1 saturated heterocycles. The van der Waals surface area contributed by atoms with E-state index in [-0.39, 0.29) is 4.90 Å². The van der Waals surface area contributed by atoms with Crippen molar-refractivity contribution in [3.63, 3.8) is 0 Å². The second-order valence-electron chi connectivity index (χ2n) is 7.48. The highest BCUT2D eigenvalue weighted by Gasteiger charge is 2.31. The summed E-state index contributed by atoms with van der Waals surface area (Å²) in [6.07, 6.45) is 0. The molecule has 1 aliphatic rings. The van der Waals surface area contributed by atoms with Crippen molar-refractivity contribution in [2.75, 3.05) is 43.0 Å². The molecule has 33 heavy (non-hydrogen) atoms. The number of nitrogens with one attached hydrogen (secondary N) is 1. The number of ether oxygens (including phenoxy) is 1. The fourth-order valence-electron chi connectivity index (χ4n) is 3.56. The van der Waals surface area contributed by atoms with Crippen LogP contribution < -0.4 is 15.0 Å². The van der Waals surface area contributed by atoms with Crippen molar-refractivity contribution < 1.29 is 13.2 Å². The highest BCUT2D eigenvalue weighted by atomic mass is 79.9. The summed E-state index contributed by atoms with van der Waals surface area (Å²) in [6.45, 7) is 5.85. The van der Waals surface area contributed by atoms with Gasteiger partial charge in [-0.2, -0.15) is 4.31 Å². The number of sulfonamides is 1. The maximum Gasteiger partial charge on any atom is 0.246 e. The number of nitrogens with zero attached hydrogens (tertiary/aromatic N) is 5. The second kappa shape index (κ2) is 10.0.